The lowest BCUT2D eigenvalue weighted by molar-refractivity contribution is -0.465. The van der Waals surface area contributed by atoms with Gasteiger partial charge in [0.1, 0.15) is 10.0 Å². The van der Waals surface area contributed by atoms with Crippen LogP contribution in [-0.4, -0.2) is 15.3 Å². The second-order valence-electron chi connectivity index (χ2n) is 4.56. The molecule has 0 aliphatic carbocycles. The van der Waals surface area contributed by atoms with Gasteiger partial charge < -0.3 is 5.21 Å². The normalized spacial score (nSPS) is 12.6. The Balaban J connectivity index is 3.49. The molecule has 6 nitrogen and oxygen atoms in total. The van der Waals surface area contributed by atoms with Crippen molar-refractivity contribution >= 4 is 43.2 Å². The van der Waals surface area contributed by atoms with Gasteiger partial charge in [-0.15, -0.1) is 0 Å². The Labute approximate surface area is 121 Å². The molecular formula is C10H11Br2N3O3. The first-order valence-corrected chi connectivity index (χ1v) is 6.54. The predicted molar refractivity (Wildman–Crippen MR) is 74.0 cm³/mol. The van der Waals surface area contributed by atoms with Crippen LogP contribution in [0.15, 0.2) is 26.2 Å². The van der Waals surface area contributed by atoms with Gasteiger partial charge in [-0.2, -0.15) is 0 Å². The molecule has 0 heterocycles. The Bertz CT molecular complexity index is 524. The summed E-state index contributed by atoms with van der Waals surface area (Å²) < 4.78 is 0.820. The summed E-state index contributed by atoms with van der Waals surface area (Å²) in [4.78, 5) is 10.6. The molecular weight excluding hydrogens is 370 g/mol. The maximum Gasteiger partial charge on any atom is 0.346 e. The van der Waals surface area contributed by atoms with Crippen LogP contribution in [0.1, 0.15) is 20.8 Å². The second kappa shape index (κ2) is 5.31. The molecule has 0 bridgehead atoms. The topological polar surface area (TPSA) is 81.6 Å². The Morgan fingerprint density at radius 2 is 1.78 bits per heavy atom. The second-order valence-corrected chi connectivity index (χ2v) is 6.33. The highest BCUT2D eigenvalue weighted by atomic mass is 79.9. The highest BCUT2D eigenvalue weighted by Gasteiger charge is 2.28. The lowest BCUT2D eigenvalue weighted by Crippen LogP contribution is -2.13. The number of azo groups is 1. The van der Waals surface area contributed by atoms with E-state index in [1.165, 1.54) is 6.07 Å². The summed E-state index contributed by atoms with van der Waals surface area (Å²) in [6.45, 7) is 5.20. The van der Waals surface area contributed by atoms with Crippen molar-refractivity contribution in [3.05, 3.63) is 36.4 Å². The van der Waals surface area contributed by atoms with Crippen LogP contribution >= 0.6 is 31.9 Å². The number of halogens is 2. The number of rotatable bonds is 2. The Kier molecular flexibility index (Phi) is 4.44. The molecule has 0 N–H and O–H groups in total. The van der Waals surface area contributed by atoms with E-state index in [2.05, 4.69) is 37.0 Å². The van der Waals surface area contributed by atoms with Gasteiger partial charge in [0.25, 0.3) is 0 Å². The first-order chi connectivity index (χ1) is 8.11. The van der Waals surface area contributed by atoms with E-state index < -0.39 is 10.5 Å². The standard InChI is InChI=1S/C10H11Br2N3O3/c1-10(2,3)13-14(16)9-7(12)4-6(11)5-8(9)15(17)18/h4-5H,1-3H3. The van der Waals surface area contributed by atoms with E-state index in [1.54, 1.807) is 26.8 Å². The van der Waals surface area contributed by atoms with Crippen LogP contribution in [0.5, 0.6) is 0 Å². The first-order valence-electron chi connectivity index (χ1n) is 4.95. The lowest BCUT2D eigenvalue weighted by atomic mass is 10.1. The Morgan fingerprint density at radius 1 is 1.22 bits per heavy atom. The molecule has 0 aliphatic rings. The zero-order valence-corrected chi connectivity index (χ0v) is 13.1. The van der Waals surface area contributed by atoms with Crippen LogP contribution in [0.25, 0.3) is 0 Å². The molecule has 0 aromatic heterocycles. The summed E-state index contributed by atoms with van der Waals surface area (Å²) in [5.74, 6) is 0. The minimum Gasteiger partial charge on any atom is -0.594 e. The van der Waals surface area contributed by atoms with Crippen LogP contribution in [-0.2, 0) is 0 Å². The van der Waals surface area contributed by atoms with Crippen LogP contribution in [0, 0.1) is 15.3 Å². The molecule has 0 saturated heterocycles. The highest BCUT2D eigenvalue weighted by molar-refractivity contribution is 9.11. The monoisotopic (exact) mass is 379 g/mol. The first kappa shape index (κ1) is 15.0. The minimum absolute atomic E-state index is 0.113. The molecule has 98 valence electrons. The fourth-order valence-corrected chi connectivity index (χ4v) is 2.56. The largest absolute Gasteiger partial charge is 0.594 e. The lowest BCUT2D eigenvalue weighted by Gasteiger charge is -2.10. The summed E-state index contributed by atoms with van der Waals surface area (Å²) in [5, 5.41) is 26.7. The van der Waals surface area contributed by atoms with Crippen LogP contribution < -0.4 is 0 Å². The molecule has 1 aromatic carbocycles. The number of nitrogens with zero attached hydrogens (tertiary/aromatic N) is 3. The van der Waals surface area contributed by atoms with E-state index in [-0.39, 0.29) is 16.2 Å². The average molecular weight is 381 g/mol. The van der Waals surface area contributed by atoms with Gasteiger partial charge in [0, 0.05) is 10.5 Å². The fourth-order valence-electron chi connectivity index (χ4n) is 1.20. The molecule has 0 radical (unpaired) electrons. The van der Waals surface area contributed by atoms with Crippen molar-refractivity contribution in [3.63, 3.8) is 0 Å². The van der Waals surface area contributed by atoms with E-state index in [9.17, 15) is 15.3 Å². The number of benzene rings is 1. The van der Waals surface area contributed by atoms with Gasteiger partial charge in [-0.3, -0.25) is 10.1 Å². The molecule has 1 rings (SSSR count). The van der Waals surface area contributed by atoms with Gasteiger partial charge in [0.2, 0.25) is 0 Å². The van der Waals surface area contributed by atoms with E-state index in [0.717, 1.165) is 0 Å². The molecule has 0 aliphatic heterocycles. The molecule has 0 amide bonds. The summed E-state index contributed by atoms with van der Waals surface area (Å²) >= 11 is 6.28. The van der Waals surface area contributed by atoms with Crippen LogP contribution in [0.2, 0.25) is 0 Å². The maximum absolute atomic E-state index is 11.9. The molecule has 0 fully saturated rings. The summed E-state index contributed by atoms with van der Waals surface area (Å²) in [5.41, 5.74) is -1.04. The molecule has 18 heavy (non-hydrogen) atoms. The zero-order chi connectivity index (χ0) is 14.1. The van der Waals surface area contributed by atoms with Gasteiger partial charge in [-0.1, -0.05) is 15.9 Å². The summed E-state index contributed by atoms with van der Waals surface area (Å²) in [6.07, 6.45) is 0. The number of nitro groups is 1. The zero-order valence-electron chi connectivity index (χ0n) is 9.98. The third-order valence-corrected chi connectivity index (χ3v) is 2.85. The quantitative estimate of drug-likeness (QED) is 0.327. The van der Waals surface area contributed by atoms with Crippen molar-refractivity contribution in [2.45, 2.75) is 26.3 Å². The predicted octanol–water partition coefficient (Wildman–Crippen LogP) is 4.51. The smallest absolute Gasteiger partial charge is 0.346 e. The number of nitro benzene ring substituents is 1. The van der Waals surface area contributed by atoms with E-state index in [0.29, 0.717) is 8.95 Å². The minimum atomic E-state index is -0.623. The summed E-state index contributed by atoms with van der Waals surface area (Å²) in [6, 6.07) is 2.83. The molecule has 1 aromatic rings. The van der Waals surface area contributed by atoms with E-state index in [4.69, 9.17) is 0 Å². The number of hydrogen-bond donors (Lipinski definition) is 0. The summed E-state index contributed by atoms with van der Waals surface area (Å²) in [7, 11) is 0. The van der Waals surface area contributed by atoms with Gasteiger partial charge in [0.05, 0.1) is 4.92 Å². The van der Waals surface area contributed by atoms with Crippen LogP contribution in [0.4, 0.5) is 11.4 Å². The van der Waals surface area contributed by atoms with Crippen molar-refractivity contribution in [2.24, 2.45) is 5.11 Å². The SMILES string of the molecule is CC(C)(C)N=[N+]([O-])c1c(Br)cc(Br)cc1[N+](=O)[O-]. The van der Waals surface area contributed by atoms with Gasteiger partial charge in [0.15, 0.2) is 0 Å². The van der Waals surface area contributed by atoms with Crippen molar-refractivity contribution in [2.75, 3.05) is 0 Å². The molecule has 0 saturated carbocycles. The van der Waals surface area contributed by atoms with Crippen LogP contribution in [0.3, 0.4) is 0 Å². The molecule has 8 heteroatoms. The number of hydrogen-bond acceptors (Lipinski definition) is 4. The van der Waals surface area contributed by atoms with Crippen molar-refractivity contribution in [1.29, 1.82) is 0 Å². The van der Waals surface area contributed by atoms with Gasteiger partial charge in [-0.25, -0.2) is 0 Å². The van der Waals surface area contributed by atoms with E-state index >= 15 is 0 Å². The maximum atomic E-state index is 11.9. The third-order valence-electron chi connectivity index (χ3n) is 1.79. The Morgan fingerprint density at radius 3 is 2.22 bits per heavy atom. The van der Waals surface area contributed by atoms with Crippen molar-refractivity contribution in [3.8, 4) is 0 Å². The average Bonchev–Trinajstić information content (AvgIpc) is 2.12. The molecule has 0 spiro atoms. The van der Waals surface area contributed by atoms with E-state index in [1.807, 2.05) is 0 Å². The molecule has 0 atom stereocenters. The Hall–Kier alpha value is -1.02. The van der Waals surface area contributed by atoms with Crippen molar-refractivity contribution < 1.29 is 9.78 Å². The highest BCUT2D eigenvalue weighted by Crippen LogP contribution is 2.38. The molecule has 0 unspecified atom stereocenters. The van der Waals surface area contributed by atoms with Gasteiger partial charge >= 0.3 is 11.4 Å². The third kappa shape index (κ3) is 3.74. The van der Waals surface area contributed by atoms with Gasteiger partial charge in [-0.05, 0) is 52.7 Å². The van der Waals surface area contributed by atoms with Crippen molar-refractivity contribution in [1.82, 2.24) is 0 Å². The fraction of sp³-hybridized carbons (Fsp3) is 0.400.